The third kappa shape index (κ3) is 3.91. The first-order chi connectivity index (χ1) is 13.8. The normalized spacial score (nSPS) is 14.7. The number of carbonyl (C=O) groups is 1. The highest BCUT2D eigenvalue weighted by Crippen LogP contribution is 2.34. The zero-order valence-corrected chi connectivity index (χ0v) is 15.3. The first-order valence-electron chi connectivity index (χ1n) is 9.13. The second-order valence-electron chi connectivity index (χ2n) is 7.07. The van der Waals surface area contributed by atoms with Gasteiger partial charge in [-0.05, 0) is 53.9 Å². The highest BCUT2D eigenvalue weighted by Gasteiger charge is 2.31. The zero-order chi connectivity index (χ0) is 20.6. The minimum absolute atomic E-state index is 0.0755. The van der Waals surface area contributed by atoms with Crippen molar-refractivity contribution in [2.45, 2.75) is 6.18 Å². The van der Waals surface area contributed by atoms with Crippen molar-refractivity contribution in [2.75, 3.05) is 19.7 Å². The molecule has 7 heteroatoms. The molecule has 1 heterocycles. The standard InChI is InChI=1S/C22H18F3NO3/c23-22(24,25)17-5-7-18(8-6-17)29-20-3-1-2-15-10-16(4-9-19(15)20)21(28)26-11-14(12-26)13-27/h1-10,14,27H,11-13H2. The van der Waals surface area contributed by atoms with E-state index < -0.39 is 11.7 Å². The minimum atomic E-state index is -4.39. The molecule has 1 N–H and O–H groups in total. The fraction of sp³-hybridized carbons (Fsp3) is 0.227. The van der Waals surface area contributed by atoms with Gasteiger partial charge in [0, 0.05) is 36.6 Å². The molecule has 0 aromatic heterocycles. The molecule has 1 fully saturated rings. The monoisotopic (exact) mass is 401 g/mol. The molecule has 4 rings (SSSR count). The molecule has 0 unspecified atom stereocenters. The molecular weight excluding hydrogens is 383 g/mol. The summed E-state index contributed by atoms with van der Waals surface area (Å²) in [7, 11) is 0. The number of hydrogen-bond donors (Lipinski definition) is 1. The van der Waals surface area contributed by atoms with Crippen LogP contribution in [0.4, 0.5) is 13.2 Å². The summed E-state index contributed by atoms with van der Waals surface area (Å²) in [6.45, 7) is 1.17. The van der Waals surface area contributed by atoms with E-state index in [4.69, 9.17) is 9.84 Å². The maximum Gasteiger partial charge on any atom is 0.416 e. The van der Waals surface area contributed by atoms with Gasteiger partial charge in [-0.3, -0.25) is 4.79 Å². The third-order valence-corrected chi connectivity index (χ3v) is 5.00. The van der Waals surface area contributed by atoms with Crippen LogP contribution in [-0.2, 0) is 6.18 Å². The molecule has 1 amide bonds. The topological polar surface area (TPSA) is 49.8 Å². The number of amides is 1. The van der Waals surface area contributed by atoms with Crippen LogP contribution >= 0.6 is 0 Å². The van der Waals surface area contributed by atoms with E-state index >= 15 is 0 Å². The lowest BCUT2D eigenvalue weighted by Gasteiger charge is -2.38. The number of aliphatic hydroxyl groups excluding tert-OH is 1. The highest BCUT2D eigenvalue weighted by molar-refractivity contribution is 6.00. The molecule has 1 saturated heterocycles. The highest BCUT2D eigenvalue weighted by atomic mass is 19.4. The van der Waals surface area contributed by atoms with Crippen molar-refractivity contribution >= 4 is 16.7 Å². The second kappa shape index (κ2) is 7.40. The van der Waals surface area contributed by atoms with Gasteiger partial charge in [-0.1, -0.05) is 12.1 Å². The third-order valence-electron chi connectivity index (χ3n) is 5.00. The van der Waals surface area contributed by atoms with Crippen LogP contribution in [0.15, 0.2) is 60.7 Å². The summed E-state index contributed by atoms with van der Waals surface area (Å²) in [5.41, 5.74) is -0.194. The Bertz CT molecular complexity index is 1040. The van der Waals surface area contributed by atoms with E-state index in [9.17, 15) is 18.0 Å². The number of aliphatic hydroxyl groups is 1. The average Bonchev–Trinajstić information content (AvgIpc) is 2.66. The predicted molar refractivity (Wildman–Crippen MR) is 102 cm³/mol. The largest absolute Gasteiger partial charge is 0.457 e. The van der Waals surface area contributed by atoms with Crippen LogP contribution in [-0.4, -0.2) is 35.6 Å². The smallest absolute Gasteiger partial charge is 0.416 e. The second-order valence-corrected chi connectivity index (χ2v) is 7.07. The summed E-state index contributed by atoms with van der Waals surface area (Å²) < 4.78 is 43.9. The van der Waals surface area contributed by atoms with E-state index in [2.05, 4.69) is 0 Å². The van der Waals surface area contributed by atoms with Crippen molar-refractivity contribution in [3.8, 4) is 11.5 Å². The first kappa shape index (κ1) is 19.3. The van der Waals surface area contributed by atoms with Crippen LogP contribution in [0.1, 0.15) is 15.9 Å². The number of nitrogens with zero attached hydrogens (tertiary/aromatic N) is 1. The number of fused-ring (bicyclic) bond motifs is 1. The van der Waals surface area contributed by atoms with Gasteiger partial charge in [-0.25, -0.2) is 0 Å². The number of likely N-dealkylation sites (tertiary alicyclic amines) is 1. The van der Waals surface area contributed by atoms with Crippen molar-refractivity contribution in [2.24, 2.45) is 5.92 Å². The van der Waals surface area contributed by atoms with Crippen molar-refractivity contribution < 1.29 is 27.8 Å². The molecular formula is C22H18F3NO3. The number of hydrogen-bond acceptors (Lipinski definition) is 3. The van der Waals surface area contributed by atoms with Crippen LogP contribution in [0.2, 0.25) is 0 Å². The van der Waals surface area contributed by atoms with Crippen molar-refractivity contribution in [3.05, 3.63) is 71.8 Å². The summed E-state index contributed by atoms with van der Waals surface area (Å²) in [6, 6.07) is 15.1. The van der Waals surface area contributed by atoms with Crippen LogP contribution in [0, 0.1) is 5.92 Å². The SMILES string of the molecule is O=C(c1ccc2c(Oc3ccc(C(F)(F)F)cc3)cccc2c1)N1CC(CO)C1. The Morgan fingerprint density at radius 3 is 2.45 bits per heavy atom. The number of alkyl halides is 3. The minimum Gasteiger partial charge on any atom is -0.457 e. The van der Waals surface area contributed by atoms with E-state index in [-0.39, 0.29) is 18.4 Å². The molecule has 3 aromatic carbocycles. The Labute approximate surface area is 165 Å². The molecule has 0 radical (unpaired) electrons. The van der Waals surface area contributed by atoms with Gasteiger partial charge < -0.3 is 14.7 Å². The number of ether oxygens (including phenoxy) is 1. The Kier molecular flexibility index (Phi) is 4.92. The lowest BCUT2D eigenvalue weighted by molar-refractivity contribution is -0.137. The van der Waals surface area contributed by atoms with E-state index in [0.29, 0.717) is 30.2 Å². The van der Waals surface area contributed by atoms with Gasteiger partial charge in [0.25, 0.3) is 5.91 Å². The van der Waals surface area contributed by atoms with Gasteiger partial charge in [-0.15, -0.1) is 0 Å². The van der Waals surface area contributed by atoms with Gasteiger partial charge in [-0.2, -0.15) is 13.2 Å². The number of benzene rings is 3. The van der Waals surface area contributed by atoms with Gasteiger partial charge >= 0.3 is 6.18 Å². The molecule has 4 nitrogen and oxygen atoms in total. The Balaban J connectivity index is 1.56. The van der Waals surface area contributed by atoms with Gasteiger partial charge in [0.2, 0.25) is 0 Å². The van der Waals surface area contributed by atoms with E-state index in [1.54, 1.807) is 35.2 Å². The van der Waals surface area contributed by atoms with Gasteiger partial charge in [0.05, 0.1) is 5.56 Å². The molecule has 0 bridgehead atoms. The molecule has 0 atom stereocenters. The lowest BCUT2D eigenvalue weighted by Crippen LogP contribution is -2.51. The maximum absolute atomic E-state index is 12.7. The van der Waals surface area contributed by atoms with E-state index in [1.807, 2.05) is 6.07 Å². The zero-order valence-electron chi connectivity index (χ0n) is 15.3. The lowest BCUT2D eigenvalue weighted by atomic mass is 9.99. The maximum atomic E-state index is 12.7. The summed E-state index contributed by atoms with van der Waals surface area (Å²) in [4.78, 5) is 14.2. The molecule has 0 spiro atoms. The molecule has 0 aliphatic carbocycles. The molecule has 150 valence electrons. The fourth-order valence-electron chi connectivity index (χ4n) is 3.35. The first-order valence-corrected chi connectivity index (χ1v) is 9.13. The number of halogens is 3. The van der Waals surface area contributed by atoms with E-state index in [1.165, 1.54) is 12.1 Å². The quantitative estimate of drug-likeness (QED) is 0.689. The van der Waals surface area contributed by atoms with Crippen molar-refractivity contribution in [1.82, 2.24) is 4.90 Å². The van der Waals surface area contributed by atoms with Gasteiger partial charge in [0.15, 0.2) is 0 Å². The predicted octanol–water partition coefficient (Wildman–Crippen LogP) is 4.72. The van der Waals surface area contributed by atoms with Crippen LogP contribution in [0.5, 0.6) is 11.5 Å². The number of rotatable bonds is 4. The number of carbonyl (C=O) groups excluding carboxylic acids is 1. The molecule has 0 saturated carbocycles. The molecule has 29 heavy (non-hydrogen) atoms. The summed E-state index contributed by atoms with van der Waals surface area (Å²) >= 11 is 0. The summed E-state index contributed by atoms with van der Waals surface area (Å²) in [5, 5.41) is 10.6. The van der Waals surface area contributed by atoms with Crippen molar-refractivity contribution in [3.63, 3.8) is 0 Å². The van der Waals surface area contributed by atoms with Crippen LogP contribution < -0.4 is 4.74 Å². The average molecular weight is 401 g/mol. The fourth-order valence-corrected chi connectivity index (χ4v) is 3.35. The Morgan fingerprint density at radius 2 is 1.79 bits per heavy atom. The van der Waals surface area contributed by atoms with E-state index in [0.717, 1.165) is 22.9 Å². The molecule has 1 aliphatic rings. The summed E-state index contributed by atoms with van der Waals surface area (Å²) in [6.07, 6.45) is -4.39. The molecule has 1 aliphatic heterocycles. The molecule has 3 aromatic rings. The van der Waals surface area contributed by atoms with Crippen molar-refractivity contribution in [1.29, 1.82) is 0 Å². The van der Waals surface area contributed by atoms with Crippen LogP contribution in [0.25, 0.3) is 10.8 Å². The Hall–Kier alpha value is -3.06. The Morgan fingerprint density at radius 1 is 1.07 bits per heavy atom. The van der Waals surface area contributed by atoms with Crippen LogP contribution in [0.3, 0.4) is 0 Å². The van der Waals surface area contributed by atoms with Gasteiger partial charge in [0.1, 0.15) is 11.5 Å². The summed E-state index contributed by atoms with van der Waals surface area (Å²) in [5.74, 6) is 0.834.